The van der Waals surface area contributed by atoms with E-state index in [-0.39, 0.29) is 12.1 Å². The lowest BCUT2D eigenvalue weighted by Gasteiger charge is -2.20. The van der Waals surface area contributed by atoms with Crippen LogP contribution in [0.4, 0.5) is 0 Å². The molecule has 7 nitrogen and oxygen atoms in total. The highest BCUT2D eigenvalue weighted by Crippen LogP contribution is 2.33. The molecule has 0 atom stereocenters. The Morgan fingerprint density at radius 2 is 1.70 bits per heavy atom. The number of carbonyl (C=O) groups is 1. The van der Waals surface area contributed by atoms with Gasteiger partial charge in [0.25, 0.3) is 5.56 Å². The molecule has 0 bridgehead atoms. The molecular formula is C26H30N4O3. The second kappa shape index (κ2) is 8.83. The van der Waals surface area contributed by atoms with Gasteiger partial charge in [-0.1, -0.05) is 30.3 Å². The molecule has 2 heterocycles. The molecule has 0 fully saturated rings. The van der Waals surface area contributed by atoms with Crippen LogP contribution in [0.25, 0.3) is 33.2 Å². The molecule has 4 rings (SSSR count). The highest BCUT2D eigenvalue weighted by Gasteiger charge is 2.23. The fourth-order valence-electron chi connectivity index (χ4n) is 4.28. The number of carbonyl (C=O) groups excluding carboxylic acids is 1. The summed E-state index contributed by atoms with van der Waals surface area (Å²) in [5.74, 6) is -0.464. The minimum Gasteiger partial charge on any atom is -0.459 e. The number of esters is 1. The second-order valence-electron chi connectivity index (χ2n) is 9.20. The maximum atomic E-state index is 13.8. The van der Waals surface area contributed by atoms with E-state index in [1.807, 2.05) is 70.2 Å². The lowest BCUT2D eigenvalue weighted by Crippen LogP contribution is -2.31. The summed E-state index contributed by atoms with van der Waals surface area (Å²) in [5, 5.41) is 0.954. The Labute approximate surface area is 192 Å². The molecule has 33 heavy (non-hydrogen) atoms. The molecule has 4 aromatic rings. The molecule has 0 saturated carbocycles. The summed E-state index contributed by atoms with van der Waals surface area (Å²) in [6.07, 6.45) is 0.826. The van der Waals surface area contributed by atoms with Crippen LogP contribution in [0.2, 0.25) is 0 Å². The Hall–Kier alpha value is -3.45. The standard InChI is InChI=1S/C26H30N4O3/c1-17-23(18-10-5-7-12-20(18)29(17)15-9-14-27)24-25(32)30(16-22(31)33-26(2,3)4)21-13-8-6-11-19(21)28-24/h5-8,10-13H,9,14-16,27H2,1-4H3. The number of rotatable bonds is 6. The molecule has 172 valence electrons. The van der Waals surface area contributed by atoms with Crippen LogP contribution in [-0.2, 0) is 22.6 Å². The summed E-state index contributed by atoms with van der Waals surface area (Å²) in [7, 11) is 0. The molecule has 2 N–H and O–H groups in total. The molecule has 0 unspecified atom stereocenters. The molecular weight excluding hydrogens is 416 g/mol. The summed E-state index contributed by atoms with van der Waals surface area (Å²) < 4.78 is 9.15. The second-order valence-corrected chi connectivity index (χ2v) is 9.20. The van der Waals surface area contributed by atoms with Crippen molar-refractivity contribution < 1.29 is 9.53 Å². The molecule has 0 aliphatic rings. The predicted molar refractivity (Wildman–Crippen MR) is 131 cm³/mol. The first-order chi connectivity index (χ1) is 15.7. The maximum Gasteiger partial charge on any atom is 0.326 e. The minimum absolute atomic E-state index is 0.184. The average Bonchev–Trinajstić information content (AvgIpc) is 3.04. The van der Waals surface area contributed by atoms with Gasteiger partial charge in [-0.05, 0) is 58.9 Å². The van der Waals surface area contributed by atoms with Crippen molar-refractivity contribution in [3.63, 3.8) is 0 Å². The van der Waals surface area contributed by atoms with Gasteiger partial charge >= 0.3 is 5.97 Å². The summed E-state index contributed by atoms with van der Waals surface area (Å²) in [6.45, 7) is 8.58. The van der Waals surface area contributed by atoms with Gasteiger partial charge in [-0.3, -0.25) is 14.2 Å². The van der Waals surface area contributed by atoms with E-state index in [1.165, 1.54) is 4.57 Å². The Morgan fingerprint density at radius 1 is 1.03 bits per heavy atom. The first-order valence-corrected chi connectivity index (χ1v) is 11.2. The van der Waals surface area contributed by atoms with Crippen molar-refractivity contribution in [3.05, 3.63) is 64.6 Å². The largest absolute Gasteiger partial charge is 0.459 e. The van der Waals surface area contributed by atoms with Gasteiger partial charge in [-0.15, -0.1) is 0 Å². The van der Waals surface area contributed by atoms with Gasteiger partial charge < -0.3 is 15.0 Å². The smallest absolute Gasteiger partial charge is 0.326 e. The number of nitrogens with two attached hydrogens (primary N) is 1. The lowest BCUT2D eigenvalue weighted by molar-refractivity contribution is -0.155. The van der Waals surface area contributed by atoms with Crippen LogP contribution in [0.1, 0.15) is 32.9 Å². The van der Waals surface area contributed by atoms with Gasteiger partial charge in [0.15, 0.2) is 0 Å². The Kier molecular flexibility index (Phi) is 6.08. The summed E-state index contributed by atoms with van der Waals surface area (Å²) >= 11 is 0. The van der Waals surface area contributed by atoms with Crippen molar-refractivity contribution in [1.29, 1.82) is 0 Å². The van der Waals surface area contributed by atoms with Crippen molar-refractivity contribution in [2.45, 2.75) is 52.8 Å². The number of aromatic nitrogens is 3. The fraction of sp³-hybridized carbons (Fsp3) is 0.346. The molecule has 0 radical (unpaired) electrons. The molecule has 0 amide bonds. The zero-order chi connectivity index (χ0) is 23.8. The SMILES string of the molecule is Cc1c(-c2nc3ccccc3n(CC(=O)OC(C)(C)C)c2=O)c2ccccc2n1CCCN. The number of para-hydroxylation sites is 3. The third-order valence-corrected chi connectivity index (χ3v) is 5.61. The van der Waals surface area contributed by atoms with Crippen molar-refractivity contribution >= 4 is 27.9 Å². The highest BCUT2D eigenvalue weighted by atomic mass is 16.6. The third kappa shape index (κ3) is 4.41. The molecule has 7 heteroatoms. The summed E-state index contributed by atoms with van der Waals surface area (Å²) in [5.41, 5.74) is 9.16. The fourth-order valence-corrected chi connectivity index (χ4v) is 4.28. The predicted octanol–water partition coefficient (Wildman–Crippen LogP) is 4.02. The third-order valence-electron chi connectivity index (χ3n) is 5.61. The van der Waals surface area contributed by atoms with Gasteiger partial charge in [0, 0.05) is 28.7 Å². The van der Waals surface area contributed by atoms with Crippen molar-refractivity contribution in [3.8, 4) is 11.3 Å². The quantitative estimate of drug-likeness (QED) is 0.452. The van der Waals surface area contributed by atoms with Crippen LogP contribution in [0.5, 0.6) is 0 Å². The lowest BCUT2D eigenvalue weighted by atomic mass is 10.1. The van der Waals surface area contributed by atoms with Crippen LogP contribution in [-0.4, -0.2) is 32.2 Å². The first kappa shape index (κ1) is 22.7. The number of fused-ring (bicyclic) bond motifs is 2. The van der Waals surface area contributed by atoms with E-state index < -0.39 is 11.6 Å². The van der Waals surface area contributed by atoms with Crippen molar-refractivity contribution in [1.82, 2.24) is 14.1 Å². The van der Waals surface area contributed by atoms with E-state index in [9.17, 15) is 9.59 Å². The normalized spacial score (nSPS) is 11.9. The van der Waals surface area contributed by atoms with Crippen molar-refractivity contribution in [2.24, 2.45) is 5.73 Å². The van der Waals surface area contributed by atoms with Crippen LogP contribution >= 0.6 is 0 Å². The van der Waals surface area contributed by atoms with Crippen LogP contribution in [0, 0.1) is 6.92 Å². The molecule has 0 aliphatic heterocycles. The summed E-state index contributed by atoms with van der Waals surface area (Å²) in [4.78, 5) is 31.2. The zero-order valence-corrected chi connectivity index (χ0v) is 19.6. The van der Waals surface area contributed by atoms with E-state index in [4.69, 9.17) is 15.5 Å². The monoisotopic (exact) mass is 446 g/mol. The van der Waals surface area contributed by atoms with Gasteiger partial charge in [-0.2, -0.15) is 0 Å². The van der Waals surface area contributed by atoms with Gasteiger partial charge in [-0.25, -0.2) is 4.98 Å². The molecule has 0 spiro atoms. The average molecular weight is 447 g/mol. The number of benzene rings is 2. The Morgan fingerprint density at radius 3 is 2.39 bits per heavy atom. The zero-order valence-electron chi connectivity index (χ0n) is 19.6. The van der Waals surface area contributed by atoms with Gasteiger partial charge in [0.05, 0.1) is 11.0 Å². The highest BCUT2D eigenvalue weighted by molar-refractivity contribution is 5.98. The van der Waals surface area contributed by atoms with E-state index >= 15 is 0 Å². The number of hydrogen-bond donors (Lipinski definition) is 1. The Balaban J connectivity index is 1.96. The topological polar surface area (TPSA) is 92.1 Å². The Bertz CT molecular complexity index is 1390. The van der Waals surface area contributed by atoms with E-state index in [1.54, 1.807) is 6.07 Å². The first-order valence-electron chi connectivity index (χ1n) is 11.2. The van der Waals surface area contributed by atoms with E-state index in [0.29, 0.717) is 23.3 Å². The van der Waals surface area contributed by atoms with Crippen molar-refractivity contribution in [2.75, 3.05) is 6.54 Å². The number of aryl methyl sites for hydroxylation is 1. The van der Waals surface area contributed by atoms with Crippen LogP contribution in [0.3, 0.4) is 0 Å². The van der Waals surface area contributed by atoms with E-state index in [0.717, 1.165) is 35.1 Å². The van der Waals surface area contributed by atoms with Crippen LogP contribution < -0.4 is 11.3 Å². The van der Waals surface area contributed by atoms with Crippen LogP contribution in [0.15, 0.2) is 53.3 Å². The number of ether oxygens (including phenoxy) is 1. The van der Waals surface area contributed by atoms with Gasteiger partial charge in [0.2, 0.25) is 0 Å². The number of hydrogen-bond acceptors (Lipinski definition) is 5. The minimum atomic E-state index is -0.640. The summed E-state index contributed by atoms with van der Waals surface area (Å²) in [6, 6.07) is 15.4. The molecule has 2 aromatic heterocycles. The number of nitrogens with zero attached hydrogens (tertiary/aromatic N) is 3. The van der Waals surface area contributed by atoms with E-state index in [2.05, 4.69) is 4.57 Å². The molecule has 0 saturated heterocycles. The molecule has 2 aromatic carbocycles. The van der Waals surface area contributed by atoms with Gasteiger partial charge in [0.1, 0.15) is 17.8 Å². The maximum absolute atomic E-state index is 13.8. The molecule has 0 aliphatic carbocycles.